The van der Waals surface area contributed by atoms with Gasteiger partial charge in [0.1, 0.15) is 5.60 Å². The fourth-order valence-electron chi connectivity index (χ4n) is 1.58. The van der Waals surface area contributed by atoms with Gasteiger partial charge in [-0.2, -0.15) is 0 Å². The van der Waals surface area contributed by atoms with Gasteiger partial charge in [0.05, 0.1) is 12.6 Å². The van der Waals surface area contributed by atoms with Crippen molar-refractivity contribution in [3.63, 3.8) is 0 Å². The zero-order valence-electron chi connectivity index (χ0n) is 9.28. The summed E-state index contributed by atoms with van der Waals surface area (Å²) in [6.07, 6.45) is -0.0988. The zero-order valence-corrected chi connectivity index (χ0v) is 9.28. The number of hydrogen-bond donors (Lipinski definition) is 1. The summed E-state index contributed by atoms with van der Waals surface area (Å²) in [7, 11) is 0. The molecule has 4 nitrogen and oxygen atoms in total. The number of amides is 1. The molecule has 1 aliphatic heterocycles. The molecule has 1 amide bonds. The second-order valence-corrected chi connectivity index (χ2v) is 4.87. The van der Waals surface area contributed by atoms with Gasteiger partial charge in [-0.15, -0.1) is 0 Å². The molecule has 0 spiro atoms. The lowest BCUT2D eigenvalue weighted by atomic mass is 10.2. The van der Waals surface area contributed by atoms with E-state index >= 15 is 0 Å². The summed E-state index contributed by atoms with van der Waals surface area (Å²) in [6.45, 7) is 7.81. The van der Waals surface area contributed by atoms with E-state index in [4.69, 9.17) is 4.74 Å². The average molecular weight is 201 g/mol. The number of aliphatic hydroxyl groups is 1. The zero-order chi connectivity index (χ0) is 10.9. The molecule has 1 saturated heterocycles. The molecule has 82 valence electrons. The summed E-state index contributed by atoms with van der Waals surface area (Å²) >= 11 is 0. The van der Waals surface area contributed by atoms with Crippen LogP contribution in [0.5, 0.6) is 0 Å². The van der Waals surface area contributed by atoms with E-state index in [0.29, 0.717) is 13.0 Å². The molecule has 4 heteroatoms. The second-order valence-electron chi connectivity index (χ2n) is 4.87. The third kappa shape index (κ3) is 2.87. The predicted molar refractivity (Wildman–Crippen MR) is 53.0 cm³/mol. The van der Waals surface area contributed by atoms with Crippen LogP contribution in [0.15, 0.2) is 0 Å². The largest absolute Gasteiger partial charge is 0.444 e. The summed E-state index contributed by atoms with van der Waals surface area (Å²) in [5.41, 5.74) is -0.468. The number of carbonyl (C=O) groups is 1. The lowest BCUT2D eigenvalue weighted by Gasteiger charge is -2.26. The minimum atomic E-state index is -0.468. The Morgan fingerprint density at radius 1 is 1.50 bits per heavy atom. The van der Waals surface area contributed by atoms with E-state index in [1.54, 1.807) is 4.90 Å². The molecule has 1 aliphatic rings. The Morgan fingerprint density at radius 2 is 2.07 bits per heavy atom. The Morgan fingerprint density at radius 3 is 2.43 bits per heavy atom. The number of hydrogen-bond acceptors (Lipinski definition) is 3. The van der Waals surface area contributed by atoms with Crippen LogP contribution in [-0.4, -0.2) is 40.4 Å². The molecule has 0 aliphatic carbocycles. The molecule has 14 heavy (non-hydrogen) atoms. The van der Waals surface area contributed by atoms with Crippen molar-refractivity contribution in [2.45, 2.75) is 51.9 Å². The number of aliphatic hydroxyl groups excluding tert-OH is 1. The van der Waals surface area contributed by atoms with E-state index in [2.05, 4.69) is 0 Å². The average Bonchev–Trinajstić information content (AvgIpc) is 2.26. The molecular weight excluding hydrogens is 182 g/mol. The Labute approximate surface area is 84.8 Å². The van der Waals surface area contributed by atoms with Gasteiger partial charge >= 0.3 is 6.09 Å². The van der Waals surface area contributed by atoms with Gasteiger partial charge in [0, 0.05) is 6.04 Å². The molecule has 2 atom stereocenters. The Kier molecular flexibility index (Phi) is 3.04. The van der Waals surface area contributed by atoms with Gasteiger partial charge in [0.25, 0.3) is 0 Å². The fourth-order valence-corrected chi connectivity index (χ4v) is 1.58. The third-order valence-corrected chi connectivity index (χ3v) is 2.18. The topological polar surface area (TPSA) is 49.8 Å². The summed E-state index contributed by atoms with van der Waals surface area (Å²) in [5.74, 6) is 0. The van der Waals surface area contributed by atoms with E-state index in [0.717, 1.165) is 0 Å². The molecule has 0 aromatic carbocycles. The predicted octanol–water partition coefficient (Wildman–Crippen LogP) is 1.38. The smallest absolute Gasteiger partial charge is 0.410 e. The van der Waals surface area contributed by atoms with Crippen molar-refractivity contribution >= 4 is 6.09 Å². The molecule has 0 saturated carbocycles. The lowest BCUT2D eigenvalue weighted by molar-refractivity contribution is 0.0220. The highest BCUT2D eigenvalue weighted by Gasteiger charge is 2.33. The quantitative estimate of drug-likeness (QED) is 0.644. The Bertz CT molecular complexity index is 222. The maximum Gasteiger partial charge on any atom is 0.410 e. The van der Waals surface area contributed by atoms with Crippen LogP contribution in [0.3, 0.4) is 0 Å². The second kappa shape index (κ2) is 3.77. The van der Waals surface area contributed by atoms with E-state index < -0.39 is 11.7 Å². The van der Waals surface area contributed by atoms with E-state index in [-0.39, 0.29) is 12.1 Å². The Hall–Kier alpha value is -0.770. The van der Waals surface area contributed by atoms with Gasteiger partial charge < -0.3 is 14.7 Å². The first-order chi connectivity index (χ1) is 6.29. The van der Waals surface area contributed by atoms with Gasteiger partial charge in [-0.05, 0) is 34.1 Å². The van der Waals surface area contributed by atoms with Gasteiger partial charge in [0.2, 0.25) is 0 Å². The van der Waals surface area contributed by atoms with Crippen molar-refractivity contribution in [3.8, 4) is 0 Å². The monoisotopic (exact) mass is 201 g/mol. The van der Waals surface area contributed by atoms with Crippen LogP contribution in [0, 0.1) is 0 Å². The summed E-state index contributed by atoms with van der Waals surface area (Å²) in [5, 5.41) is 9.37. The van der Waals surface area contributed by atoms with Gasteiger partial charge in [0.15, 0.2) is 0 Å². The number of nitrogens with zero attached hydrogens (tertiary/aromatic N) is 1. The molecule has 0 aromatic heterocycles. The van der Waals surface area contributed by atoms with Crippen LogP contribution in [0.2, 0.25) is 0 Å². The molecule has 1 fully saturated rings. The molecule has 1 N–H and O–H groups in total. The van der Waals surface area contributed by atoms with Crippen LogP contribution in [-0.2, 0) is 4.74 Å². The summed E-state index contributed by atoms with van der Waals surface area (Å²) < 4.78 is 5.22. The highest BCUT2D eigenvalue weighted by Crippen LogP contribution is 2.20. The van der Waals surface area contributed by atoms with Crippen molar-refractivity contribution in [2.75, 3.05) is 6.54 Å². The van der Waals surface area contributed by atoms with Crippen LogP contribution in [0.1, 0.15) is 34.1 Å². The van der Waals surface area contributed by atoms with Crippen LogP contribution >= 0.6 is 0 Å². The molecule has 0 bridgehead atoms. The molecule has 0 aromatic rings. The number of carbonyl (C=O) groups excluding carboxylic acids is 1. The first-order valence-electron chi connectivity index (χ1n) is 4.97. The van der Waals surface area contributed by atoms with Crippen molar-refractivity contribution < 1.29 is 14.6 Å². The van der Waals surface area contributed by atoms with Gasteiger partial charge in [-0.25, -0.2) is 4.79 Å². The third-order valence-electron chi connectivity index (χ3n) is 2.18. The van der Waals surface area contributed by atoms with Gasteiger partial charge in [-0.3, -0.25) is 0 Å². The van der Waals surface area contributed by atoms with Crippen LogP contribution < -0.4 is 0 Å². The van der Waals surface area contributed by atoms with Gasteiger partial charge in [-0.1, -0.05) is 0 Å². The fraction of sp³-hybridized carbons (Fsp3) is 0.900. The van der Waals surface area contributed by atoms with Crippen molar-refractivity contribution in [1.82, 2.24) is 4.90 Å². The lowest BCUT2D eigenvalue weighted by Crippen LogP contribution is -2.39. The minimum absolute atomic E-state index is 0.0693. The number of ether oxygens (including phenoxy) is 1. The van der Waals surface area contributed by atoms with Crippen molar-refractivity contribution in [3.05, 3.63) is 0 Å². The van der Waals surface area contributed by atoms with Crippen LogP contribution in [0.25, 0.3) is 0 Å². The number of β-amino-alcohol motifs (C(OH)–C–C–N with tert-alkyl or cyclic N) is 1. The SMILES string of the molecule is CC1C[C@@H](O)CN1C(=O)OC(C)(C)C. The number of rotatable bonds is 0. The molecule has 1 heterocycles. The molecule has 1 rings (SSSR count). The summed E-state index contributed by atoms with van der Waals surface area (Å²) in [6, 6.07) is 0.0693. The molecule has 1 unspecified atom stereocenters. The van der Waals surface area contributed by atoms with Crippen molar-refractivity contribution in [1.29, 1.82) is 0 Å². The van der Waals surface area contributed by atoms with Crippen molar-refractivity contribution in [2.24, 2.45) is 0 Å². The number of likely N-dealkylation sites (tertiary alicyclic amines) is 1. The molecule has 0 radical (unpaired) electrons. The first-order valence-corrected chi connectivity index (χ1v) is 4.97. The maximum atomic E-state index is 11.6. The van der Waals surface area contributed by atoms with Crippen LogP contribution in [0.4, 0.5) is 4.79 Å². The normalized spacial score (nSPS) is 27.9. The van der Waals surface area contributed by atoms with E-state index in [9.17, 15) is 9.90 Å². The maximum absolute atomic E-state index is 11.6. The van der Waals surface area contributed by atoms with E-state index in [1.165, 1.54) is 0 Å². The van der Waals surface area contributed by atoms with E-state index in [1.807, 2.05) is 27.7 Å². The molecular formula is C10H19NO3. The Balaban J connectivity index is 2.53. The summed E-state index contributed by atoms with van der Waals surface area (Å²) in [4.78, 5) is 13.2. The highest BCUT2D eigenvalue weighted by atomic mass is 16.6. The standard InChI is InChI=1S/C10H19NO3/c1-7-5-8(12)6-11(7)9(13)14-10(2,3)4/h7-8,12H,5-6H2,1-4H3/t7?,8-/m1/s1. The minimum Gasteiger partial charge on any atom is -0.444 e. The first kappa shape index (κ1) is 11.3. The highest BCUT2D eigenvalue weighted by molar-refractivity contribution is 5.69.